The molecule has 0 aliphatic rings. The maximum absolute atomic E-state index is 11.0. The first kappa shape index (κ1) is 12.8. The summed E-state index contributed by atoms with van der Waals surface area (Å²) < 4.78 is 4.30. The summed E-state index contributed by atoms with van der Waals surface area (Å²) >= 11 is 5.81. The number of nitrogens with two attached hydrogens (primary N) is 1. The summed E-state index contributed by atoms with van der Waals surface area (Å²) in [5, 5.41) is 19.3. The molecule has 0 fully saturated rings. The van der Waals surface area contributed by atoms with Gasteiger partial charge in [0.1, 0.15) is 6.10 Å². The molecule has 0 saturated carbocycles. The number of aliphatic hydroxyl groups excluding tert-OH is 2. The predicted octanol–water partition coefficient (Wildman–Crippen LogP) is 0.490. The zero-order chi connectivity index (χ0) is 12.3. The number of benzene rings is 1. The third-order valence-electron chi connectivity index (χ3n) is 2.08. The minimum absolute atomic E-state index is 0.176. The summed E-state index contributed by atoms with van der Waals surface area (Å²) in [4.78, 5) is 11.0. The quantitative estimate of drug-likeness (QED) is 0.532. The average Bonchev–Trinajstić information content (AvgIpc) is 2.26. The number of carbonyl (C=O) groups is 1. The summed E-state index contributed by atoms with van der Waals surface area (Å²) in [7, 11) is 1.11. The zero-order valence-corrected chi connectivity index (χ0v) is 9.31. The number of methoxy groups -OCH3 is 1. The standard InChI is InChI=1S/C10H12ClNO4/c1-16-10(15)9(14)8(13)6-3-2-5(12)4-7(6)11/h2-4,8-9,13-14H,12H2,1H3. The second kappa shape index (κ2) is 5.16. The van der Waals surface area contributed by atoms with Gasteiger partial charge in [-0.3, -0.25) is 0 Å². The van der Waals surface area contributed by atoms with Crippen molar-refractivity contribution in [3.8, 4) is 0 Å². The van der Waals surface area contributed by atoms with Crippen molar-refractivity contribution < 1.29 is 19.7 Å². The smallest absolute Gasteiger partial charge is 0.337 e. The number of nitrogen functional groups attached to an aromatic ring is 1. The van der Waals surface area contributed by atoms with Crippen LogP contribution in [-0.4, -0.2) is 29.4 Å². The monoisotopic (exact) mass is 245 g/mol. The van der Waals surface area contributed by atoms with Crippen molar-refractivity contribution in [2.45, 2.75) is 12.2 Å². The molecule has 2 unspecified atom stereocenters. The number of aliphatic hydroxyl groups is 2. The Labute approximate surface area is 97.4 Å². The van der Waals surface area contributed by atoms with Gasteiger partial charge in [0.2, 0.25) is 0 Å². The van der Waals surface area contributed by atoms with Gasteiger partial charge >= 0.3 is 5.97 Å². The lowest BCUT2D eigenvalue weighted by Gasteiger charge is -2.17. The van der Waals surface area contributed by atoms with Crippen LogP contribution in [0, 0.1) is 0 Å². The van der Waals surface area contributed by atoms with E-state index in [1.54, 1.807) is 0 Å². The van der Waals surface area contributed by atoms with Crippen LogP contribution in [0.2, 0.25) is 5.02 Å². The summed E-state index contributed by atoms with van der Waals surface area (Å²) in [5.41, 5.74) is 6.11. The molecule has 0 bridgehead atoms. The van der Waals surface area contributed by atoms with Crippen LogP contribution in [0.5, 0.6) is 0 Å². The first-order valence-corrected chi connectivity index (χ1v) is 4.84. The molecule has 0 spiro atoms. The van der Waals surface area contributed by atoms with E-state index in [2.05, 4.69) is 4.74 Å². The van der Waals surface area contributed by atoms with E-state index in [0.717, 1.165) is 7.11 Å². The molecule has 16 heavy (non-hydrogen) atoms. The van der Waals surface area contributed by atoms with Gasteiger partial charge in [-0.15, -0.1) is 0 Å². The maximum Gasteiger partial charge on any atom is 0.337 e. The van der Waals surface area contributed by atoms with Gasteiger partial charge in [0.05, 0.1) is 7.11 Å². The molecule has 1 rings (SSSR count). The van der Waals surface area contributed by atoms with E-state index in [9.17, 15) is 15.0 Å². The molecular weight excluding hydrogens is 234 g/mol. The Bertz CT molecular complexity index is 396. The summed E-state index contributed by atoms with van der Waals surface area (Å²) in [6.45, 7) is 0. The van der Waals surface area contributed by atoms with Crippen molar-refractivity contribution >= 4 is 23.3 Å². The number of carbonyl (C=O) groups excluding carboxylic acids is 1. The Morgan fingerprint density at radius 2 is 2.12 bits per heavy atom. The van der Waals surface area contributed by atoms with Gasteiger partial charge in [-0.25, -0.2) is 4.79 Å². The molecule has 1 aromatic carbocycles. The Hall–Kier alpha value is -1.30. The van der Waals surface area contributed by atoms with Crippen LogP contribution in [0.15, 0.2) is 18.2 Å². The van der Waals surface area contributed by atoms with Gasteiger partial charge in [0.25, 0.3) is 0 Å². The van der Waals surface area contributed by atoms with Crippen molar-refractivity contribution in [2.24, 2.45) is 0 Å². The Morgan fingerprint density at radius 3 is 2.62 bits per heavy atom. The molecule has 0 aliphatic carbocycles. The van der Waals surface area contributed by atoms with E-state index in [1.807, 2.05) is 0 Å². The minimum atomic E-state index is -1.67. The summed E-state index contributed by atoms with van der Waals surface area (Å²) in [5.74, 6) is -0.930. The third-order valence-corrected chi connectivity index (χ3v) is 2.41. The number of ether oxygens (including phenoxy) is 1. The molecule has 4 N–H and O–H groups in total. The second-order valence-corrected chi connectivity index (χ2v) is 3.60. The summed E-state index contributed by atoms with van der Waals surface area (Å²) in [6, 6.07) is 4.37. The van der Waals surface area contributed by atoms with Crippen LogP contribution in [0.1, 0.15) is 11.7 Å². The molecule has 0 amide bonds. The molecule has 1 aromatic rings. The first-order chi connectivity index (χ1) is 7.47. The Morgan fingerprint density at radius 1 is 1.50 bits per heavy atom. The fourth-order valence-corrected chi connectivity index (χ4v) is 1.50. The van der Waals surface area contributed by atoms with Gasteiger partial charge in [0.15, 0.2) is 6.10 Å². The van der Waals surface area contributed by atoms with Gasteiger partial charge in [-0.1, -0.05) is 17.7 Å². The number of esters is 1. The number of hydrogen-bond acceptors (Lipinski definition) is 5. The van der Waals surface area contributed by atoms with E-state index in [4.69, 9.17) is 17.3 Å². The number of anilines is 1. The molecule has 0 aromatic heterocycles. The topological polar surface area (TPSA) is 92.8 Å². The van der Waals surface area contributed by atoms with Gasteiger partial charge in [-0.2, -0.15) is 0 Å². The van der Waals surface area contributed by atoms with Crippen molar-refractivity contribution in [1.82, 2.24) is 0 Å². The van der Waals surface area contributed by atoms with Gasteiger partial charge < -0.3 is 20.7 Å². The maximum atomic E-state index is 11.0. The summed E-state index contributed by atoms with van der Waals surface area (Å²) in [6.07, 6.45) is -3.12. The van der Waals surface area contributed by atoms with Crippen molar-refractivity contribution in [1.29, 1.82) is 0 Å². The molecule has 0 heterocycles. The van der Waals surface area contributed by atoms with Crippen LogP contribution in [-0.2, 0) is 9.53 Å². The Balaban J connectivity index is 2.96. The molecule has 0 saturated heterocycles. The fraction of sp³-hybridized carbons (Fsp3) is 0.300. The predicted molar refractivity (Wildman–Crippen MR) is 58.8 cm³/mol. The third kappa shape index (κ3) is 2.63. The molecule has 2 atom stereocenters. The van der Waals surface area contributed by atoms with Crippen LogP contribution >= 0.6 is 11.6 Å². The highest BCUT2D eigenvalue weighted by molar-refractivity contribution is 6.31. The highest BCUT2D eigenvalue weighted by atomic mass is 35.5. The molecule has 5 nitrogen and oxygen atoms in total. The highest BCUT2D eigenvalue weighted by Crippen LogP contribution is 2.27. The number of hydrogen-bond donors (Lipinski definition) is 3. The van der Waals surface area contributed by atoms with Crippen LogP contribution in [0.4, 0.5) is 5.69 Å². The van der Waals surface area contributed by atoms with E-state index in [1.165, 1.54) is 18.2 Å². The van der Waals surface area contributed by atoms with Gasteiger partial charge in [0, 0.05) is 16.3 Å². The molecule has 88 valence electrons. The van der Waals surface area contributed by atoms with Crippen molar-refractivity contribution in [2.75, 3.05) is 12.8 Å². The second-order valence-electron chi connectivity index (χ2n) is 3.19. The fourth-order valence-electron chi connectivity index (χ4n) is 1.20. The normalized spacial score (nSPS) is 14.2. The first-order valence-electron chi connectivity index (χ1n) is 4.46. The van der Waals surface area contributed by atoms with Crippen LogP contribution < -0.4 is 5.73 Å². The van der Waals surface area contributed by atoms with E-state index >= 15 is 0 Å². The lowest BCUT2D eigenvalue weighted by atomic mass is 10.0. The molecule has 0 radical (unpaired) electrons. The van der Waals surface area contributed by atoms with Crippen LogP contribution in [0.25, 0.3) is 0 Å². The highest BCUT2D eigenvalue weighted by Gasteiger charge is 2.27. The Kier molecular flexibility index (Phi) is 4.12. The lowest BCUT2D eigenvalue weighted by molar-refractivity contribution is -0.156. The van der Waals surface area contributed by atoms with E-state index in [-0.39, 0.29) is 10.6 Å². The largest absolute Gasteiger partial charge is 0.467 e. The minimum Gasteiger partial charge on any atom is -0.467 e. The molecular formula is C10H12ClNO4. The van der Waals surface area contributed by atoms with E-state index < -0.39 is 18.2 Å². The van der Waals surface area contributed by atoms with Crippen molar-refractivity contribution in [3.63, 3.8) is 0 Å². The number of rotatable bonds is 3. The van der Waals surface area contributed by atoms with E-state index in [0.29, 0.717) is 5.69 Å². The number of halogens is 1. The average molecular weight is 246 g/mol. The van der Waals surface area contributed by atoms with Crippen LogP contribution in [0.3, 0.4) is 0 Å². The zero-order valence-electron chi connectivity index (χ0n) is 8.55. The lowest BCUT2D eigenvalue weighted by Crippen LogP contribution is -2.29. The van der Waals surface area contributed by atoms with Gasteiger partial charge in [-0.05, 0) is 12.1 Å². The molecule has 6 heteroatoms. The SMILES string of the molecule is COC(=O)C(O)C(O)c1ccc(N)cc1Cl. The van der Waals surface area contributed by atoms with Crippen molar-refractivity contribution in [3.05, 3.63) is 28.8 Å². The molecule has 0 aliphatic heterocycles.